The molecule has 1 aromatic rings. The molecule has 106 valence electrons. The van der Waals surface area contributed by atoms with Crippen molar-refractivity contribution in [2.24, 2.45) is 11.7 Å². The van der Waals surface area contributed by atoms with Crippen molar-refractivity contribution in [3.05, 3.63) is 28.8 Å². The van der Waals surface area contributed by atoms with Crippen LogP contribution in [0.1, 0.15) is 25.3 Å². The fraction of sp³-hybridized carbons (Fsp3) is 0.600. The molecular formula is C15H22ClNO2. The summed E-state index contributed by atoms with van der Waals surface area (Å²) in [5, 5.41) is 0.731. The summed E-state index contributed by atoms with van der Waals surface area (Å²) in [5.74, 6) is 1.41. The summed E-state index contributed by atoms with van der Waals surface area (Å²) >= 11 is 6.05. The normalized spacial score (nSPS) is 20.5. The van der Waals surface area contributed by atoms with E-state index in [0.717, 1.165) is 48.8 Å². The molecule has 0 bridgehead atoms. The van der Waals surface area contributed by atoms with Crippen LogP contribution in [0.4, 0.5) is 0 Å². The Bertz CT molecular complexity index is 405. The number of halogens is 1. The van der Waals surface area contributed by atoms with Gasteiger partial charge in [-0.25, -0.2) is 0 Å². The highest BCUT2D eigenvalue weighted by Crippen LogP contribution is 2.25. The van der Waals surface area contributed by atoms with Gasteiger partial charge in [-0.05, 0) is 43.0 Å². The van der Waals surface area contributed by atoms with Crippen LogP contribution in [0.5, 0.6) is 5.75 Å². The van der Waals surface area contributed by atoms with Crippen molar-refractivity contribution in [1.29, 1.82) is 0 Å². The summed E-state index contributed by atoms with van der Waals surface area (Å²) < 4.78 is 11.3. The zero-order valence-corrected chi connectivity index (χ0v) is 12.2. The van der Waals surface area contributed by atoms with Crippen molar-refractivity contribution in [3.8, 4) is 5.75 Å². The molecule has 2 N–H and O–H groups in total. The smallest absolute Gasteiger partial charge is 0.122 e. The second kappa shape index (κ2) is 7.13. The zero-order chi connectivity index (χ0) is 13.7. The van der Waals surface area contributed by atoms with E-state index in [1.165, 1.54) is 0 Å². The molecule has 0 radical (unpaired) electrons. The fourth-order valence-electron chi connectivity index (χ4n) is 2.20. The molecule has 2 rings (SSSR count). The SMILES string of the molecule is CCC(N)Cc1cc(Cl)ccc1OCC1CCOC1. The third kappa shape index (κ3) is 4.37. The highest BCUT2D eigenvalue weighted by molar-refractivity contribution is 6.30. The number of nitrogens with two attached hydrogens (primary N) is 1. The minimum absolute atomic E-state index is 0.149. The molecule has 19 heavy (non-hydrogen) atoms. The molecule has 1 aliphatic rings. The van der Waals surface area contributed by atoms with Crippen LogP contribution in [0.3, 0.4) is 0 Å². The molecule has 3 nitrogen and oxygen atoms in total. The molecule has 1 aromatic carbocycles. The van der Waals surface area contributed by atoms with Gasteiger partial charge in [-0.15, -0.1) is 0 Å². The maximum Gasteiger partial charge on any atom is 0.122 e. The zero-order valence-electron chi connectivity index (χ0n) is 11.4. The summed E-state index contributed by atoms with van der Waals surface area (Å²) in [6, 6.07) is 5.91. The Hall–Kier alpha value is -0.770. The van der Waals surface area contributed by atoms with E-state index < -0.39 is 0 Å². The Labute approximate surface area is 120 Å². The van der Waals surface area contributed by atoms with Crippen LogP contribution in [0, 0.1) is 5.92 Å². The van der Waals surface area contributed by atoms with Crippen molar-refractivity contribution < 1.29 is 9.47 Å². The van der Waals surface area contributed by atoms with Gasteiger partial charge in [-0.3, -0.25) is 0 Å². The molecule has 2 unspecified atom stereocenters. The first kappa shape index (κ1) is 14.6. The highest BCUT2D eigenvalue weighted by Gasteiger charge is 2.17. The number of hydrogen-bond acceptors (Lipinski definition) is 3. The lowest BCUT2D eigenvalue weighted by molar-refractivity contribution is 0.166. The first-order valence-corrected chi connectivity index (χ1v) is 7.31. The van der Waals surface area contributed by atoms with Crippen LogP contribution in [0.25, 0.3) is 0 Å². The lowest BCUT2D eigenvalue weighted by atomic mass is 10.0. The third-order valence-corrected chi connectivity index (χ3v) is 3.76. The van der Waals surface area contributed by atoms with Gasteiger partial charge in [-0.1, -0.05) is 18.5 Å². The summed E-state index contributed by atoms with van der Waals surface area (Å²) in [5.41, 5.74) is 7.12. The van der Waals surface area contributed by atoms with Crippen LogP contribution in [-0.2, 0) is 11.2 Å². The molecule has 1 aliphatic heterocycles. The van der Waals surface area contributed by atoms with Crippen molar-refractivity contribution in [2.45, 2.75) is 32.2 Å². The maximum atomic E-state index is 6.05. The molecule has 0 saturated carbocycles. The number of rotatable bonds is 6. The summed E-state index contributed by atoms with van der Waals surface area (Å²) in [7, 11) is 0. The average Bonchev–Trinajstić information content (AvgIpc) is 2.91. The van der Waals surface area contributed by atoms with Gasteiger partial charge in [0.05, 0.1) is 13.2 Å². The predicted molar refractivity (Wildman–Crippen MR) is 77.8 cm³/mol. The van der Waals surface area contributed by atoms with Crippen LogP contribution in [0.2, 0.25) is 5.02 Å². The Balaban J connectivity index is 2.00. The van der Waals surface area contributed by atoms with Crippen LogP contribution < -0.4 is 10.5 Å². The second-order valence-corrected chi connectivity index (χ2v) is 5.60. The minimum Gasteiger partial charge on any atom is -0.493 e. The van der Waals surface area contributed by atoms with E-state index in [1.807, 2.05) is 18.2 Å². The molecular weight excluding hydrogens is 262 g/mol. The van der Waals surface area contributed by atoms with Gasteiger partial charge >= 0.3 is 0 Å². The Morgan fingerprint density at radius 1 is 1.53 bits per heavy atom. The van der Waals surface area contributed by atoms with Gasteiger partial charge in [0.15, 0.2) is 0 Å². The highest BCUT2D eigenvalue weighted by atomic mass is 35.5. The molecule has 0 amide bonds. The second-order valence-electron chi connectivity index (χ2n) is 5.17. The molecule has 1 fully saturated rings. The average molecular weight is 284 g/mol. The first-order chi connectivity index (χ1) is 9.19. The van der Waals surface area contributed by atoms with E-state index in [2.05, 4.69) is 6.92 Å². The van der Waals surface area contributed by atoms with Gasteiger partial charge in [-0.2, -0.15) is 0 Å². The van der Waals surface area contributed by atoms with E-state index in [4.69, 9.17) is 26.8 Å². The Morgan fingerprint density at radius 3 is 3.05 bits per heavy atom. The Kier molecular flexibility index (Phi) is 5.49. The van der Waals surface area contributed by atoms with E-state index in [0.29, 0.717) is 12.5 Å². The number of hydrogen-bond donors (Lipinski definition) is 1. The molecule has 0 aromatic heterocycles. The van der Waals surface area contributed by atoms with E-state index in [-0.39, 0.29) is 6.04 Å². The molecule has 1 heterocycles. The van der Waals surface area contributed by atoms with Crippen LogP contribution in [-0.4, -0.2) is 25.9 Å². The first-order valence-electron chi connectivity index (χ1n) is 6.93. The topological polar surface area (TPSA) is 44.5 Å². The summed E-state index contributed by atoms with van der Waals surface area (Å²) in [4.78, 5) is 0. The van der Waals surface area contributed by atoms with Crippen molar-refractivity contribution in [1.82, 2.24) is 0 Å². The van der Waals surface area contributed by atoms with Crippen molar-refractivity contribution >= 4 is 11.6 Å². The van der Waals surface area contributed by atoms with E-state index in [9.17, 15) is 0 Å². The monoisotopic (exact) mass is 283 g/mol. The van der Waals surface area contributed by atoms with Crippen LogP contribution in [0.15, 0.2) is 18.2 Å². The van der Waals surface area contributed by atoms with Gasteiger partial charge < -0.3 is 15.2 Å². The van der Waals surface area contributed by atoms with Crippen molar-refractivity contribution in [3.63, 3.8) is 0 Å². The number of benzene rings is 1. The third-order valence-electron chi connectivity index (χ3n) is 3.53. The molecule has 0 aliphatic carbocycles. The number of ether oxygens (including phenoxy) is 2. The summed E-state index contributed by atoms with van der Waals surface area (Å²) in [6.07, 6.45) is 2.83. The molecule has 0 spiro atoms. The van der Waals surface area contributed by atoms with E-state index in [1.54, 1.807) is 0 Å². The lowest BCUT2D eigenvalue weighted by Gasteiger charge is -2.16. The predicted octanol–water partition coefficient (Wildman–Crippen LogP) is 3.04. The quantitative estimate of drug-likeness (QED) is 0.873. The van der Waals surface area contributed by atoms with Gasteiger partial charge in [0, 0.05) is 23.6 Å². The summed E-state index contributed by atoms with van der Waals surface area (Å²) in [6.45, 7) is 4.45. The minimum atomic E-state index is 0.149. The van der Waals surface area contributed by atoms with Gasteiger partial charge in [0.2, 0.25) is 0 Å². The van der Waals surface area contributed by atoms with Gasteiger partial charge in [0.1, 0.15) is 5.75 Å². The standard InChI is InChI=1S/C15H22ClNO2/c1-2-14(17)8-12-7-13(16)3-4-15(12)19-10-11-5-6-18-9-11/h3-4,7,11,14H,2,5-6,8-10,17H2,1H3. The Morgan fingerprint density at radius 2 is 2.37 bits per heavy atom. The van der Waals surface area contributed by atoms with Gasteiger partial charge in [0.25, 0.3) is 0 Å². The fourth-order valence-corrected chi connectivity index (χ4v) is 2.39. The van der Waals surface area contributed by atoms with Crippen LogP contribution >= 0.6 is 11.6 Å². The molecule has 4 heteroatoms. The molecule has 1 saturated heterocycles. The lowest BCUT2D eigenvalue weighted by Crippen LogP contribution is -2.22. The largest absolute Gasteiger partial charge is 0.493 e. The maximum absolute atomic E-state index is 6.05. The van der Waals surface area contributed by atoms with E-state index >= 15 is 0 Å². The molecule has 2 atom stereocenters. The van der Waals surface area contributed by atoms with Crippen molar-refractivity contribution in [2.75, 3.05) is 19.8 Å².